The molecule has 0 bridgehead atoms. The molecule has 0 amide bonds. The molecular weight excluding hydrogens is 297 g/mol. The molecule has 0 radical (unpaired) electrons. The third kappa shape index (κ3) is 3.80. The number of rotatable bonds is 4. The maximum atomic E-state index is 13.8. The molecule has 5 heteroatoms. The molecule has 1 aromatic heterocycles. The molecule has 2 N–H and O–H groups in total. The number of para-hydroxylation sites is 1. The summed E-state index contributed by atoms with van der Waals surface area (Å²) < 4.78 is 13.8. The van der Waals surface area contributed by atoms with Crippen molar-refractivity contribution in [2.75, 3.05) is 5.32 Å². The van der Waals surface area contributed by atoms with Crippen molar-refractivity contribution in [1.29, 1.82) is 0 Å². The summed E-state index contributed by atoms with van der Waals surface area (Å²) in [6, 6.07) is 12.7. The Hall–Kier alpha value is -2.01. The van der Waals surface area contributed by atoms with Crippen molar-refractivity contribution >= 4 is 23.0 Å². The van der Waals surface area contributed by atoms with Gasteiger partial charge in [-0.05, 0) is 45.1 Å². The number of pyridine rings is 1. The maximum Gasteiger partial charge on any atom is 0.202 e. The van der Waals surface area contributed by atoms with Gasteiger partial charge in [0.2, 0.25) is 5.69 Å². The highest BCUT2D eigenvalue weighted by Crippen LogP contribution is 2.22. The van der Waals surface area contributed by atoms with Crippen LogP contribution in [0.4, 0.5) is 10.1 Å². The number of hydrogen-bond acceptors (Lipinski definition) is 1. The van der Waals surface area contributed by atoms with E-state index in [-0.39, 0.29) is 17.9 Å². The minimum absolute atomic E-state index is 0.0490. The van der Waals surface area contributed by atoms with Crippen molar-refractivity contribution in [3.8, 4) is 0 Å². The Kier molecular flexibility index (Phi) is 5.44. The fraction of sp³-hybridized carbons (Fsp3) is 0.294. The zero-order valence-corrected chi connectivity index (χ0v) is 13.8. The first-order chi connectivity index (χ1) is 10.5. The first-order valence-corrected chi connectivity index (χ1v) is 7.72. The van der Waals surface area contributed by atoms with E-state index in [1.807, 2.05) is 29.3 Å². The summed E-state index contributed by atoms with van der Waals surface area (Å²) in [5.41, 5.74) is 1.44. The van der Waals surface area contributed by atoms with Crippen LogP contribution < -0.4 is 10.3 Å². The van der Waals surface area contributed by atoms with E-state index in [1.165, 1.54) is 6.07 Å². The van der Waals surface area contributed by atoms with Crippen LogP contribution in [0.1, 0.15) is 32.5 Å². The summed E-state index contributed by atoms with van der Waals surface area (Å²) in [6.45, 7) is 6.20. The lowest BCUT2D eigenvalue weighted by Gasteiger charge is -2.33. The molecule has 2 rings (SSSR count). The van der Waals surface area contributed by atoms with Crippen molar-refractivity contribution in [2.45, 2.75) is 32.9 Å². The topological polar surface area (TPSA) is 29.4 Å². The maximum absolute atomic E-state index is 13.8. The Morgan fingerprint density at radius 2 is 1.82 bits per heavy atom. The van der Waals surface area contributed by atoms with Crippen molar-refractivity contribution in [1.82, 2.24) is 4.90 Å². The van der Waals surface area contributed by atoms with E-state index in [0.29, 0.717) is 10.8 Å². The van der Waals surface area contributed by atoms with Gasteiger partial charge in [0.1, 0.15) is 11.9 Å². The van der Waals surface area contributed by atoms with Crippen LogP contribution >= 0.6 is 12.2 Å². The molecule has 22 heavy (non-hydrogen) atoms. The number of aromatic amines is 1. The van der Waals surface area contributed by atoms with Gasteiger partial charge in [-0.2, -0.15) is 0 Å². The van der Waals surface area contributed by atoms with Crippen LogP contribution in [-0.2, 0) is 0 Å². The van der Waals surface area contributed by atoms with Gasteiger partial charge in [0, 0.05) is 18.2 Å². The fourth-order valence-electron chi connectivity index (χ4n) is 2.42. The van der Waals surface area contributed by atoms with E-state index < -0.39 is 0 Å². The van der Waals surface area contributed by atoms with Gasteiger partial charge in [-0.15, -0.1) is 0 Å². The van der Waals surface area contributed by atoms with Gasteiger partial charge in [-0.1, -0.05) is 18.2 Å². The molecule has 0 spiro atoms. The Labute approximate surface area is 136 Å². The lowest BCUT2D eigenvalue weighted by molar-refractivity contribution is -0.395. The van der Waals surface area contributed by atoms with E-state index in [1.54, 1.807) is 18.2 Å². The number of nitrogens with one attached hydrogen (secondary N) is 2. The van der Waals surface area contributed by atoms with Crippen LogP contribution in [0, 0.1) is 5.82 Å². The Morgan fingerprint density at radius 3 is 2.41 bits per heavy atom. The van der Waals surface area contributed by atoms with E-state index in [9.17, 15) is 4.39 Å². The Bertz CT molecular complexity index is 631. The number of anilines is 1. The summed E-state index contributed by atoms with van der Waals surface area (Å²) in [5.74, 6) is -0.313. The van der Waals surface area contributed by atoms with Gasteiger partial charge in [0.05, 0.1) is 5.69 Å². The van der Waals surface area contributed by atoms with Crippen LogP contribution in [0.25, 0.3) is 0 Å². The molecule has 1 aromatic carbocycles. The van der Waals surface area contributed by atoms with Crippen LogP contribution in [0.3, 0.4) is 0 Å². The fourth-order valence-corrected chi connectivity index (χ4v) is 2.90. The lowest BCUT2D eigenvalue weighted by Crippen LogP contribution is -2.43. The second-order valence-electron chi connectivity index (χ2n) is 5.40. The molecule has 116 valence electrons. The second kappa shape index (κ2) is 7.31. The van der Waals surface area contributed by atoms with E-state index in [0.717, 1.165) is 5.69 Å². The minimum Gasteiger partial charge on any atom is -0.334 e. The summed E-state index contributed by atoms with van der Waals surface area (Å²) >= 11 is 5.50. The molecule has 2 aromatic rings. The number of aromatic nitrogens is 1. The van der Waals surface area contributed by atoms with Gasteiger partial charge in [-0.25, -0.2) is 9.37 Å². The molecule has 0 aliphatic rings. The number of nitrogens with zero attached hydrogens (tertiary/aromatic N) is 1. The SMILES string of the molecule is CC(C)N(C(=S)Nc1ccccc1F)C(C)c1cccc[nH+]1. The normalized spacial score (nSPS) is 12.0. The molecule has 0 aliphatic heterocycles. The van der Waals surface area contributed by atoms with Gasteiger partial charge in [-0.3, -0.25) is 0 Å². The predicted molar refractivity (Wildman–Crippen MR) is 91.0 cm³/mol. The number of H-pyrrole nitrogens is 1. The third-order valence-electron chi connectivity index (χ3n) is 3.51. The molecular formula is C17H21FN3S+. The smallest absolute Gasteiger partial charge is 0.202 e. The molecule has 3 nitrogen and oxygen atoms in total. The first kappa shape index (κ1) is 16.4. The van der Waals surface area contributed by atoms with Crippen molar-refractivity contribution in [2.24, 2.45) is 0 Å². The summed E-state index contributed by atoms with van der Waals surface area (Å²) in [4.78, 5) is 5.28. The molecule has 1 heterocycles. The monoisotopic (exact) mass is 318 g/mol. The summed E-state index contributed by atoms with van der Waals surface area (Å²) in [6.07, 6.45) is 1.89. The first-order valence-electron chi connectivity index (χ1n) is 7.31. The predicted octanol–water partition coefficient (Wildman–Crippen LogP) is 3.81. The number of thiocarbonyl (C=S) groups is 1. The summed E-state index contributed by atoms with van der Waals surface area (Å²) in [7, 11) is 0. The van der Waals surface area contributed by atoms with Crippen LogP contribution in [0.15, 0.2) is 48.7 Å². The number of halogens is 1. The number of benzene rings is 1. The molecule has 1 atom stereocenters. The molecule has 0 aliphatic carbocycles. The second-order valence-corrected chi connectivity index (χ2v) is 5.79. The van der Waals surface area contributed by atoms with E-state index in [4.69, 9.17) is 12.2 Å². The highest BCUT2D eigenvalue weighted by atomic mass is 32.1. The highest BCUT2D eigenvalue weighted by molar-refractivity contribution is 7.80. The molecule has 0 fully saturated rings. The van der Waals surface area contributed by atoms with Crippen LogP contribution in [0.2, 0.25) is 0 Å². The van der Waals surface area contributed by atoms with Gasteiger partial charge < -0.3 is 10.2 Å². The van der Waals surface area contributed by atoms with Crippen molar-refractivity contribution in [3.63, 3.8) is 0 Å². The van der Waals surface area contributed by atoms with Crippen molar-refractivity contribution < 1.29 is 9.37 Å². The van der Waals surface area contributed by atoms with Gasteiger partial charge in [0.15, 0.2) is 11.3 Å². The standard InChI is InChI=1S/C17H20FN3S/c1-12(2)21(13(3)15-9-6-7-11-19-15)17(22)20-16-10-5-4-8-14(16)18/h4-13H,1-3H3,(H,20,22)/p+1. The van der Waals surface area contributed by atoms with Gasteiger partial charge in [0.25, 0.3) is 0 Å². The molecule has 0 saturated heterocycles. The zero-order chi connectivity index (χ0) is 16.1. The third-order valence-corrected chi connectivity index (χ3v) is 3.82. The van der Waals surface area contributed by atoms with E-state index >= 15 is 0 Å². The average molecular weight is 318 g/mol. The average Bonchev–Trinajstić information content (AvgIpc) is 2.50. The van der Waals surface area contributed by atoms with Crippen molar-refractivity contribution in [3.05, 3.63) is 60.2 Å². The van der Waals surface area contributed by atoms with Gasteiger partial charge >= 0.3 is 0 Å². The van der Waals surface area contributed by atoms with Crippen LogP contribution in [-0.4, -0.2) is 16.1 Å². The summed E-state index contributed by atoms with van der Waals surface area (Å²) in [5, 5.41) is 3.52. The molecule has 1 unspecified atom stereocenters. The van der Waals surface area contributed by atoms with Crippen LogP contribution in [0.5, 0.6) is 0 Å². The highest BCUT2D eigenvalue weighted by Gasteiger charge is 2.25. The lowest BCUT2D eigenvalue weighted by atomic mass is 10.1. The number of hydrogen-bond donors (Lipinski definition) is 1. The minimum atomic E-state index is -0.313. The quantitative estimate of drug-likeness (QED) is 0.869. The zero-order valence-electron chi connectivity index (χ0n) is 13.0. The molecule has 0 saturated carbocycles. The van der Waals surface area contributed by atoms with E-state index in [2.05, 4.69) is 31.1 Å². The largest absolute Gasteiger partial charge is 0.334 e. The Morgan fingerprint density at radius 1 is 1.14 bits per heavy atom. The Balaban J connectivity index is 2.21.